The van der Waals surface area contributed by atoms with Crippen LogP contribution in [-0.2, 0) is 47.7 Å². The maximum absolute atomic E-state index is 12.0. The third-order valence-electron chi connectivity index (χ3n) is 7.26. The smallest absolute Gasteiger partial charge is 0.326 e. The molecule has 0 saturated carbocycles. The monoisotopic (exact) mass is 718 g/mol. The summed E-state index contributed by atoms with van der Waals surface area (Å²) >= 11 is 0. The Morgan fingerprint density at radius 2 is 0.940 bits per heavy atom. The Kier molecular flexibility index (Phi) is 31.8. The van der Waals surface area contributed by atoms with Crippen molar-refractivity contribution in [1.82, 2.24) is 21.3 Å². The van der Waals surface area contributed by atoms with Gasteiger partial charge in [0, 0.05) is 38.9 Å². The number of carbonyl (C=O) groups is 6. The fraction of sp³-hybridized carbons (Fsp3) is 0.824. The maximum atomic E-state index is 12.0. The molecule has 4 amide bonds. The Morgan fingerprint density at radius 1 is 0.500 bits per heavy atom. The van der Waals surface area contributed by atoms with Crippen molar-refractivity contribution >= 4 is 35.6 Å². The standard InChI is InChI=1S/C34H62N4O12/c1-2-17-35-30(40)16-15-28(34(45)46)38-32(42)27-50-25-23-48-21-19-37-31(41)26-49-24-22-47-20-18-36-29(39)13-11-9-7-5-3-4-6-8-10-12-14-33(43)44/h28H,2-27H2,1H3,(H,35,40)(H,36,39)(H,37,41)(H,38,42)(H,43,44)(H,45,46)/t28-/m0/s1. The molecule has 0 aromatic rings. The van der Waals surface area contributed by atoms with Gasteiger partial charge in [-0.15, -0.1) is 0 Å². The largest absolute Gasteiger partial charge is 0.481 e. The van der Waals surface area contributed by atoms with Crippen LogP contribution in [-0.4, -0.2) is 124 Å². The van der Waals surface area contributed by atoms with Crippen molar-refractivity contribution in [3.8, 4) is 0 Å². The highest BCUT2D eigenvalue weighted by atomic mass is 16.5. The third kappa shape index (κ3) is 33.2. The average molecular weight is 719 g/mol. The van der Waals surface area contributed by atoms with E-state index in [2.05, 4.69) is 21.3 Å². The average Bonchev–Trinajstić information content (AvgIpc) is 3.08. The second-order valence-electron chi connectivity index (χ2n) is 11.8. The van der Waals surface area contributed by atoms with E-state index in [1.54, 1.807) is 0 Å². The molecule has 0 rings (SSSR count). The van der Waals surface area contributed by atoms with Gasteiger partial charge in [-0.25, -0.2) is 4.79 Å². The van der Waals surface area contributed by atoms with E-state index < -0.39 is 23.9 Å². The number of carbonyl (C=O) groups excluding carboxylic acids is 4. The lowest BCUT2D eigenvalue weighted by atomic mass is 10.1. The molecule has 0 aliphatic carbocycles. The van der Waals surface area contributed by atoms with Gasteiger partial charge in [-0.05, 0) is 25.7 Å². The van der Waals surface area contributed by atoms with Crippen molar-refractivity contribution < 1.29 is 57.9 Å². The van der Waals surface area contributed by atoms with Crippen molar-refractivity contribution in [3.05, 3.63) is 0 Å². The topological polar surface area (TPSA) is 228 Å². The van der Waals surface area contributed by atoms with E-state index in [1.165, 1.54) is 12.8 Å². The highest BCUT2D eigenvalue weighted by Crippen LogP contribution is 2.12. The zero-order valence-electron chi connectivity index (χ0n) is 29.9. The molecule has 6 N–H and O–H groups in total. The number of carboxylic acid groups (broad SMARTS) is 2. The van der Waals surface area contributed by atoms with Crippen LogP contribution in [0.1, 0.15) is 103 Å². The van der Waals surface area contributed by atoms with Crippen molar-refractivity contribution in [3.63, 3.8) is 0 Å². The fourth-order valence-corrected chi connectivity index (χ4v) is 4.53. The first kappa shape index (κ1) is 46.7. The summed E-state index contributed by atoms with van der Waals surface area (Å²) in [5, 5.41) is 28.3. The molecule has 0 heterocycles. The second kappa shape index (κ2) is 34.1. The highest BCUT2D eigenvalue weighted by Gasteiger charge is 2.21. The first-order chi connectivity index (χ1) is 24.1. The molecule has 0 spiro atoms. The third-order valence-corrected chi connectivity index (χ3v) is 7.26. The Labute approximate surface area is 296 Å². The Bertz CT molecular complexity index is 938. The molecular formula is C34H62N4O12. The number of hydrogen-bond donors (Lipinski definition) is 6. The SMILES string of the molecule is CCCNC(=O)CC[C@H](NC(=O)COCCOCCNC(=O)COCCOCCNC(=O)CCCCCCCCCCCCC(=O)O)C(=O)O. The first-order valence-corrected chi connectivity index (χ1v) is 18.0. The minimum Gasteiger partial charge on any atom is -0.481 e. The summed E-state index contributed by atoms with van der Waals surface area (Å²) in [5.41, 5.74) is 0. The molecule has 0 aliphatic heterocycles. The Hall–Kier alpha value is -3.34. The van der Waals surface area contributed by atoms with Gasteiger partial charge in [0.1, 0.15) is 19.3 Å². The van der Waals surface area contributed by atoms with Gasteiger partial charge < -0.3 is 50.4 Å². The number of nitrogens with one attached hydrogen (secondary N) is 4. The summed E-state index contributed by atoms with van der Waals surface area (Å²) in [6.45, 7) is 3.94. The van der Waals surface area contributed by atoms with Gasteiger partial charge >= 0.3 is 11.9 Å². The van der Waals surface area contributed by atoms with Gasteiger partial charge in [0.05, 0.1) is 39.6 Å². The predicted octanol–water partition coefficient (Wildman–Crippen LogP) is 1.93. The Morgan fingerprint density at radius 3 is 1.46 bits per heavy atom. The lowest BCUT2D eigenvalue weighted by Gasteiger charge is -2.14. The van der Waals surface area contributed by atoms with Crippen LogP contribution >= 0.6 is 0 Å². The van der Waals surface area contributed by atoms with E-state index in [0.717, 1.165) is 57.8 Å². The summed E-state index contributed by atoms with van der Waals surface area (Å²) < 4.78 is 21.2. The molecule has 0 saturated heterocycles. The summed E-state index contributed by atoms with van der Waals surface area (Å²) in [6.07, 6.45) is 12.0. The summed E-state index contributed by atoms with van der Waals surface area (Å²) in [4.78, 5) is 69.2. The van der Waals surface area contributed by atoms with Crippen LogP contribution in [0.5, 0.6) is 0 Å². The molecule has 0 bridgehead atoms. The number of carboxylic acids is 2. The molecule has 16 heteroatoms. The van der Waals surface area contributed by atoms with Gasteiger partial charge in [0.25, 0.3) is 0 Å². The maximum Gasteiger partial charge on any atom is 0.326 e. The van der Waals surface area contributed by atoms with Crippen LogP contribution in [0, 0.1) is 0 Å². The molecule has 0 aliphatic rings. The lowest BCUT2D eigenvalue weighted by molar-refractivity contribution is -0.143. The summed E-state index contributed by atoms with van der Waals surface area (Å²) in [7, 11) is 0. The molecule has 290 valence electrons. The number of aliphatic carboxylic acids is 2. The number of rotatable bonds is 36. The van der Waals surface area contributed by atoms with E-state index in [0.29, 0.717) is 32.7 Å². The molecule has 0 aromatic heterocycles. The quantitative estimate of drug-likeness (QED) is 0.0511. The predicted molar refractivity (Wildman–Crippen MR) is 184 cm³/mol. The first-order valence-electron chi connectivity index (χ1n) is 18.0. The van der Waals surface area contributed by atoms with Crippen LogP contribution in [0.4, 0.5) is 0 Å². The van der Waals surface area contributed by atoms with Gasteiger partial charge in [-0.1, -0.05) is 58.3 Å². The van der Waals surface area contributed by atoms with Crippen LogP contribution in [0.15, 0.2) is 0 Å². The number of unbranched alkanes of at least 4 members (excludes halogenated alkanes) is 9. The van der Waals surface area contributed by atoms with E-state index in [9.17, 15) is 33.9 Å². The van der Waals surface area contributed by atoms with E-state index in [1.807, 2.05) is 6.92 Å². The van der Waals surface area contributed by atoms with Crippen LogP contribution in [0.2, 0.25) is 0 Å². The number of ether oxygens (including phenoxy) is 4. The van der Waals surface area contributed by atoms with Crippen molar-refractivity contribution in [1.29, 1.82) is 0 Å². The van der Waals surface area contributed by atoms with Crippen LogP contribution < -0.4 is 21.3 Å². The minimum absolute atomic E-state index is 0.00953. The van der Waals surface area contributed by atoms with Crippen molar-refractivity contribution in [2.75, 3.05) is 72.5 Å². The lowest BCUT2D eigenvalue weighted by Crippen LogP contribution is -2.43. The van der Waals surface area contributed by atoms with E-state index in [4.69, 9.17) is 24.1 Å². The molecular weight excluding hydrogens is 656 g/mol. The number of amides is 4. The molecule has 0 fully saturated rings. The fourth-order valence-electron chi connectivity index (χ4n) is 4.53. The van der Waals surface area contributed by atoms with Gasteiger partial charge in [0.15, 0.2) is 0 Å². The number of hydrogen-bond acceptors (Lipinski definition) is 10. The van der Waals surface area contributed by atoms with Crippen molar-refractivity contribution in [2.45, 2.75) is 109 Å². The minimum atomic E-state index is -1.23. The molecule has 0 radical (unpaired) electrons. The van der Waals surface area contributed by atoms with E-state index >= 15 is 0 Å². The zero-order valence-corrected chi connectivity index (χ0v) is 29.9. The van der Waals surface area contributed by atoms with Gasteiger partial charge in [-0.3, -0.25) is 24.0 Å². The molecule has 0 aromatic carbocycles. The molecule has 16 nitrogen and oxygen atoms in total. The normalized spacial score (nSPS) is 11.5. The van der Waals surface area contributed by atoms with Crippen molar-refractivity contribution in [2.24, 2.45) is 0 Å². The van der Waals surface area contributed by atoms with Gasteiger partial charge in [0.2, 0.25) is 23.6 Å². The summed E-state index contributed by atoms with van der Waals surface area (Å²) in [5.74, 6) is -3.14. The summed E-state index contributed by atoms with van der Waals surface area (Å²) in [6, 6.07) is -1.19. The van der Waals surface area contributed by atoms with Crippen LogP contribution in [0.3, 0.4) is 0 Å². The highest BCUT2D eigenvalue weighted by molar-refractivity contribution is 5.85. The zero-order chi connectivity index (χ0) is 37.1. The second-order valence-corrected chi connectivity index (χ2v) is 11.8. The molecule has 1 atom stereocenters. The molecule has 0 unspecified atom stereocenters. The molecule has 50 heavy (non-hydrogen) atoms. The van der Waals surface area contributed by atoms with E-state index in [-0.39, 0.29) is 83.2 Å². The van der Waals surface area contributed by atoms with Gasteiger partial charge in [-0.2, -0.15) is 0 Å². The van der Waals surface area contributed by atoms with Crippen LogP contribution in [0.25, 0.3) is 0 Å². The Balaban J connectivity index is 3.52.